The first-order valence-corrected chi connectivity index (χ1v) is 11.8. The highest BCUT2D eigenvalue weighted by Crippen LogP contribution is 2.35. The van der Waals surface area contributed by atoms with E-state index in [1.807, 2.05) is 30.0 Å². The number of carbonyl (C=O) groups is 2. The minimum Gasteiger partial charge on any atom is -0.383 e. The number of carbonyl (C=O) groups excluding carboxylic acids is 2. The molecule has 0 bridgehead atoms. The molecule has 8 heteroatoms. The molecule has 1 aliphatic heterocycles. The van der Waals surface area contributed by atoms with Crippen molar-refractivity contribution in [1.29, 1.82) is 0 Å². The Labute approximate surface area is 183 Å². The summed E-state index contributed by atoms with van der Waals surface area (Å²) in [7, 11) is 1.62. The molecule has 1 N–H and O–H groups in total. The number of thiophene rings is 1. The molecule has 1 unspecified atom stereocenters. The van der Waals surface area contributed by atoms with Gasteiger partial charge in [0.25, 0.3) is 11.8 Å². The summed E-state index contributed by atoms with van der Waals surface area (Å²) in [6, 6.07) is 8.20. The largest absolute Gasteiger partial charge is 0.383 e. The van der Waals surface area contributed by atoms with Crippen LogP contribution in [0.5, 0.6) is 0 Å². The van der Waals surface area contributed by atoms with Gasteiger partial charge in [0.15, 0.2) is 0 Å². The van der Waals surface area contributed by atoms with Crippen LogP contribution in [0.25, 0.3) is 10.1 Å². The first-order valence-electron chi connectivity index (χ1n) is 10.1. The average molecular weight is 444 g/mol. The molecule has 1 atom stereocenters. The molecule has 1 saturated heterocycles. The monoisotopic (exact) mass is 443 g/mol. The minimum absolute atomic E-state index is 0.0585. The number of hydrogen-bond donors (Lipinski definition) is 1. The van der Waals surface area contributed by atoms with Crippen molar-refractivity contribution in [3.8, 4) is 0 Å². The second kappa shape index (κ2) is 9.24. The van der Waals surface area contributed by atoms with E-state index in [1.54, 1.807) is 12.6 Å². The molecule has 3 aromatic rings. The van der Waals surface area contributed by atoms with Crippen LogP contribution in [0.15, 0.2) is 29.8 Å². The molecule has 1 aromatic carbocycles. The highest BCUT2D eigenvalue weighted by atomic mass is 32.1. The number of hydrogen-bond acceptors (Lipinski definition) is 6. The fourth-order valence-corrected chi connectivity index (χ4v) is 5.93. The van der Waals surface area contributed by atoms with E-state index in [4.69, 9.17) is 4.74 Å². The number of benzene rings is 1. The Morgan fingerprint density at radius 1 is 1.30 bits per heavy atom. The number of likely N-dealkylation sites (tertiary alicyclic amines) is 1. The van der Waals surface area contributed by atoms with E-state index in [9.17, 15) is 9.59 Å². The van der Waals surface area contributed by atoms with E-state index in [-0.39, 0.29) is 17.9 Å². The number of aromatic nitrogens is 1. The topological polar surface area (TPSA) is 71.5 Å². The summed E-state index contributed by atoms with van der Waals surface area (Å²) in [5.74, 6) is -0.0134. The van der Waals surface area contributed by atoms with E-state index in [2.05, 4.69) is 16.4 Å². The zero-order chi connectivity index (χ0) is 21.1. The van der Waals surface area contributed by atoms with Gasteiger partial charge in [-0.1, -0.05) is 18.2 Å². The van der Waals surface area contributed by atoms with Crippen molar-refractivity contribution in [2.24, 2.45) is 0 Å². The number of fused-ring (bicyclic) bond motifs is 1. The van der Waals surface area contributed by atoms with Crippen LogP contribution in [0.4, 0.5) is 0 Å². The molecule has 0 radical (unpaired) electrons. The summed E-state index contributed by atoms with van der Waals surface area (Å²) in [5.41, 5.74) is 3.55. The molecule has 158 valence electrons. The molecule has 1 fully saturated rings. The quantitative estimate of drug-likeness (QED) is 0.563. The van der Waals surface area contributed by atoms with Crippen molar-refractivity contribution >= 4 is 44.6 Å². The van der Waals surface area contributed by atoms with E-state index in [0.717, 1.165) is 50.5 Å². The Morgan fingerprint density at radius 2 is 2.13 bits per heavy atom. The summed E-state index contributed by atoms with van der Waals surface area (Å²) in [4.78, 5) is 33.7. The van der Waals surface area contributed by atoms with Crippen molar-refractivity contribution in [2.45, 2.75) is 32.2 Å². The van der Waals surface area contributed by atoms with Crippen LogP contribution >= 0.6 is 22.7 Å². The molecule has 2 amide bonds. The van der Waals surface area contributed by atoms with E-state index in [1.165, 1.54) is 22.7 Å². The van der Waals surface area contributed by atoms with Gasteiger partial charge in [-0.05, 0) is 43.2 Å². The molecule has 1 aliphatic rings. The molecule has 30 heavy (non-hydrogen) atoms. The Bertz CT molecular complexity index is 1060. The Hall–Kier alpha value is -2.29. The molecule has 0 aliphatic carbocycles. The number of thiazole rings is 1. The SMILES string of the molecule is COCCNC(=O)c1sc2ccccc2c1CC1CCCN1C(=O)c1scnc1C. The predicted molar refractivity (Wildman–Crippen MR) is 121 cm³/mol. The Kier molecular flexibility index (Phi) is 6.46. The van der Waals surface area contributed by atoms with Crippen LogP contribution in [0.1, 0.15) is 43.4 Å². The van der Waals surface area contributed by atoms with Crippen molar-refractivity contribution in [1.82, 2.24) is 15.2 Å². The number of nitrogens with one attached hydrogen (secondary N) is 1. The highest BCUT2D eigenvalue weighted by Gasteiger charge is 2.33. The predicted octanol–water partition coefficient (Wildman–Crippen LogP) is 3.89. The first-order chi connectivity index (χ1) is 14.6. The number of nitrogens with zero attached hydrogens (tertiary/aromatic N) is 2. The number of methoxy groups -OCH3 is 1. The van der Waals surface area contributed by atoms with Crippen molar-refractivity contribution in [3.63, 3.8) is 0 Å². The maximum Gasteiger partial charge on any atom is 0.266 e. The summed E-state index contributed by atoms with van der Waals surface area (Å²) in [5, 5.41) is 4.05. The van der Waals surface area contributed by atoms with E-state index in [0.29, 0.717) is 19.6 Å². The fraction of sp³-hybridized carbons (Fsp3) is 0.409. The number of amides is 2. The third kappa shape index (κ3) is 4.12. The molecule has 0 saturated carbocycles. The third-order valence-electron chi connectivity index (χ3n) is 5.51. The molecular formula is C22H25N3O3S2. The van der Waals surface area contributed by atoms with Gasteiger partial charge in [-0.2, -0.15) is 0 Å². The standard InChI is InChI=1S/C22H25N3O3S2/c1-14-19(29-13-24-14)22(27)25-10-5-6-15(25)12-17-16-7-3-4-8-18(16)30-20(17)21(26)23-9-11-28-2/h3-4,7-8,13,15H,5-6,9-12H2,1-2H3,(H,23,26). The normalized spacial score (nSPS) is 16.3. The second-order valence-corrected chi connectivity index (χ2v) is 9.33. The van der Waals surface area contributed by atoms with Crippen LogP contribution < -0.4 is 5.32 Å². The van der Waals surface area contributed by atoms with Crippen LogP contribution in [-0.2, 0) is 11.2 Å². The lowest BCUT2D eigenvalue weighted by atomic mass is 10.00. The Morgan fingerprint density at radius 3 is 2.90 bits per heavy atom. The van der Waals surface area contributed by atoms with Gasteiger partial charge in [0, 0.05) is 30.9 Å². The molecule has 4 rings (SSSR count). The van der Waals surface area contributed by atoms with E-state index >= 15 is 0 Å². The molecular weight excluding hydrogens is 418 g/mol. The molecule has 6 nitrogen and oxygen atoms in total. The zero-order valence-corrected chi connectivity index (χ0v) is 18.8. The Balaban J connectivity index is 1.62. The van der Waals surface area contributed by atoms with Crippen LogP contribution in [0, 0.1) is 6.92 Å². The number of ether oxygens (including phenoxy) is 1. The zero-order valence-electron chi connectivity index (χ0n) is 17.1. The average Bonchev–Trinajstić information content (AvgIpc) is 3.47. The van der Waals surface area contributed by atoms with Crippen LogP contribution in [0.3, 0.4) is 0 Å². The summed E-state index contributed by atoms with van der Waals surface area (Å²) in [6.07, 6.45) is 2.60. The molecule has 2 aromatic heterocycles. The summed E-state index contributed by atoms with van der Waals surface area (Å²) < 4.78 is 6.15. The second-order valence-electron chi connectivity index (χ2n) is 7.42. The molecule has 3 heterocycles. The fourth-order valence-electron chi connectivity index (χ4n) is 4.02. The van der Waals surface area contributed by atoms with Crippen molar-refractivity contribution < 1.29 is 14.3 Å². The number of aryl methyl sites for hydroxylation is 1. The van der Waals surface area contributed by atoms with Gasteiger partial charge >= 0.3 is 0 Å². The van der Waals surface area contributed by atoms with Crippen LogP contribution in [-0.4, -0.2) is 54.5 Å². The van der Waals surface area contributed by atoms with Gasteiger partial charge in [-0.25, -0.2) is 4.98 Å². The maximum atomic E-state index is 13.1. The van der Waals surface area contributed by atoms with Gasteiger partial charge in [0.2, 0.25) is 0 Å². The number of rotatable bonds is 7. The lowest BCUT2D eigenvalue weighted by Gasteiger charge is -2.25. The summed E-state index contributed by atoms with van der Waals surface area (Å²) in [6.45, 7) is 3.58. The van der Waals surface area contributed by atoms with Gasteiger partial charge < -0.3 is 15.0 Å². The van der Waals surface area contributed by atoms with Crippen molar-refractivity contribution in [2.75, 3.05) is 26.8 Å². The lowest BCUT2D eigenvalue weighted by molar-refractivity contribution is 0.0740. The van der Waals surface area contributed by atoms with Gasteiger partial charge in [0.05, 0.1) is 22.7 Å². The van der Waals surface area contributed by atoms with E-state index < -0.39 is 0 Å². The van der Waals surface area contributed by atoms with Crippen LogP contribution in [0.2, 0.25) is 0 Å². The summed E-state index contributed by atoms with van der Waals surface area (Å²) >= 11 is 2.92. The smallest absolute Gasteiger partial charge is 0.266 e. The minimum atomic E-state index is -0.0718. The molecule has 0 spiro atoms. The first kappa shape index (κ1) is 21.0. The van der Waals surface area contributed by atoms with Gasteiger partial charge in [-0.3, -0.25) is 9.59 Å². The highest BCUT2D eigenvalue weighted by molar-refractivity contribution is 7.21. The van der Waals surface area contributed by atoms with Crippen molar-refractivity contribution in [3.05, 3.63) is 50.8 Å². The van der Waals surface area contributed by atoms with Gasteiger partial charge in [-0.15, -0.1) is 22.7 Å². The van der Waals surface area contributed by atoms with Gasteiger partial charge in [0.1, 0.15) is 4.88 Å². The maximum absolute atomic E-state index is 13.1. The third-order valence-corrected chi connectivity index (χ3v) is 7.64. The lowest BCUT2D eigenvalue weighted by Crippen LogP contribution is -2.37.